The topological polar surface area (TPSA) is 98.9 Å². The molecule has 0 unspecified atom stereocenters. The van der Waals surface area contributed by atoms with Crippen LogP contribution in [0.3, 0.4) is 0 Å². The van der Waals surface area contributed by atoms with Crippen LogP contribution in [-0.2, 0) is 23.9 Å². The summed E-state index contributed by atoms with van der Waals surface area (Å²) in [7, 11) is 0. The molecule has 0 aromatic heterocycles. The molecule has 1 amide bonds. The van der Waals surface area contributed by atoms with Crippen molar-refractivity contribution in [3.05, 3.63) is 30.3 Å². The summed E-state index contributed by atoms with van der Waals surface area (Å²) in [6, 6.07) is 8.69. The van der Waals surface area contributed by atoms with E-state index in [2.05, 4.69) is 0 Å². The van der Waals surface area contributed by atoms with Gasteiger partial charge in [0.2, 0.25) is 5.91 Å². The maximum Gasteiger partial charge on any atom is 0.305 e. The second kappa shape index (κ2) is 8.01. The van der Waals surface area contributed by atoms with Crippen LogP contribution < -0.4 is 10.6 Å². The molecule has 1 rings (SSSR count). The summed E-state index contributed by atoms with van der Waals surface area (Å²) in [5.74, 6) is -1.62. The third kappa shape index (κ3) is 5.62. The van der Waals surface area contributed by atoms with Crippen molar-refractivity contribution in [3.8, 4) is 0 Å². The quantitative estimate of drug-likeness (QED) is 0.603. The van der Waals surface area contributed by atoms with Gasteiger partial charge in [-0.15, -0.1) is 0 Å². The largest absolute Gasteiger partial charge is 0.423 e. The molecule has 0 bridgehead atoms. The highest BCUT2D eigenvalue weighted by Gasteiger charge is 2.23. The lowest BCUT2D eigenvalue weighted by molar-refractivity contribution is -0.183. The van der Waals surface area contributed by atoms with Crippen LogP contribution in [-0.4, -0.2) is 37.2 Å². The van der Waals surface area contributed by atoms with Crippen LogP contribution >= 0.6 is 0 Å². The first-order chi connectivity index (χ1) is 9.93. The van der Waals surface area contributed by atoms with E-state index in [0.29, 0.717) is 5.69 Å². The Morgan fingerprint density at radius 1 is 1.10 bits per heavy atom. The van der Waals surface area contributed by atoms with Crippen molar-refractivity contribution < 1.29 is 23.9 Å². The molecule has 0 fully saturated rings. The number of amides is 1. The van der Waals surface area contributed by atoms with Gasteiger partial charge in [-0.2, -0.15) is 0 Å². The zero-order valence-electron chi connectivity index (χ0n) is 11.9. The zero-order chi connectivity index (χ0) is 15.8. The Labute approximate surface area is 122 Å². The van der Waals surface area contributed by atoms with Crippen LogP contribution in [0.5, 0.6) is 0 Å². The molecule has 0 spiro atoms. The first-order valence-corrected chi connectivity index (χ1v) is 6.34. The average molecular weight is 294 g/mol. The number of carbonyl (C=O) groups excluding carboxylic acids is 3. The summed E-state index contributed by atoms with van der Waals surface area (Å²) in [6.07, 6.45) is -1.18. The lowest BCUT2D eigenvalue weighted by atomic mass is 10.2. The monoisotopic (exact) mass is 294 g/mol. The third-order valence-corrected chi connectivity index (χ3v) is 2.47. The Hall–Kier alpha value is -2.41. The van der Waals surface area contributed by atoms with Crippen LogP contribution in [0.2, 0.25) is 0 Å². The number of esters is 2. The Bertz CT molecular complexity index is 487. The summed E-state index contributed by atoms with van der Waals surface area (Å²) in [5, 5.41) is 0. The zero-order valence-corrected chi connectivity index (χ0v) is 11.9. The number of para-hydroxylation sites is 1. The minimum Gasteiger partial charge on any atom is -0.423 e. The van der Waals surface area contributed by atoms with Crippen molar-refractivity contribution in [2.45, 2.75) is 20.1 Å². The normalized spacial score (nSPS) is 10.1. The molecular formula is C14H18N2O5. The lowest BCUT2D eigenvalue weighted by Gasteiger charge is -2.26. The molecule has 0 aliphatic heterocycles. The highest BCUT2D eigenvalue weighted by molar-refractivity contribution is 5.94. The van der Waals surface area contributed by atoms with Gasteiger partial charge < -0.3 is 20.1 Å². The molecule has 0 heterocycles. The van der Waals surface area contributed by atoms with E-state index in [1.807, 2.05) is 0 Å². The number of nitrogens with two attached hydrogens (primary N) is 1. The smallest absolute Gasteiger partial charge is 0.305 e. The number of benzene rings is 1. The second-order valence-corrected chi connectivity index (χ2v) is 4.19. The number of hydrogen-bond donors (Lipinski definition) is 1. The number of nitrogens with zero attached hydrogens (tertiary/aromatic N) is 1. The Morgan fingerprint density at radius 2 is 1.62 bits per heavy atom. The maximum atomic E-state index is 11.9. The molecule has 7 nitrogen and oxygen atoms in total. The van der Waals surface area contributed by atoms with Crippen LogP contribution in [0.15, 0.2) is 30.3 Å². The van der Waals surface area contributed by atoms with E-state index in [0.717, 1.165) is 0 Å². The van der Waals surface area contributed by atoms with Crippen molar-refractivity contribution in [1.82, 2.24) is 0 Å². The van der Waals surface area contributed by atoms with Gasteiger partial charge in [0.25, 0.3) is 6.29 Å². The lowest BCUT2D eigenvalue weighted by Crippen LogP contribution is -2.43. The van der Waals surface area contributed by atoms with Crippen LogP contribution in [0.25, 0.3) is 0 Å². The fourth-order valence-corrected chi connectivity index (χ4v) is 1.69. The van der Waals surface area contributed by atoms with E-state index in [1.165, 1.54) is 18.7 Å². The summed E-state index contributed by atoms with van der Waals surface area (Å²) in [6.45, 7) is 2.03. The number of ether oxygens (including phenoxy) is 2. The minimum atomic E-state index is -1.18. The fourth-order valence-electron chi connectivity index (χ4n) is 1.69. The molecule has 0 radical (unpaired) electrons. The van der Waals surface area contributed by atoms with E-state index in [1.54, 1.807) is 30.3 Å². The third-order valence-electron chi connectivity index (χ3n) is 2.47. The van der Waals surface area contributed by atoms with Gasteiger partial charge in [0.15, 0.2) is 0 Å². The molecule has 21 heavy (non-hydrogen) atoms. The molecule has 0 atom stereocenters. The SMILES string of the molecule is CC(=O)OC(CN(C(=O)CN)c1ccccc1)OC(C)=O. The molecule has 0 aliphatic carbocycles. The summed E-state index contributed by atoms with van der Waals surface area (Å²) < 4.78 is 9.78. The molecule has 7 heteroatoms. The predicted molar refractivity (Wildman–Crippen MR) is 75.2 cm³/mol. The first-order valence-electron chi connectivity index (χ1n) is 6.34. The highest BCUT2D eigenvalue weighted by Crippen LogP contribution is 2.15. The summed E-state index contributed by atoms with van der Waals surface area (Å²) in [4.78, 5) is 35.3. The van der Waals surface area contributed by atoms with E-state index in [4.69, 9.17) is 15.2 Å². The molecule has 114 valence electrons. The molecule has 0 saturated heterocycles. The molecular weight excluding hydrogens is 276 g/mol. The van der Waals surface area contributed by atoms with Crippen molar-refractivity contribution in [2.24, 2.45) is 5.73 Å². The van der Waals surface area contributed by atoms with Crippen LogP contribution in [0.1, 0.15) is 13.8 Å². The van der Waals surface area contributed by atoms with Crippen molar-refractivity contribution >= 4 is 23.5 Å². The van der Waals surface area contributed by atoms with Gasteiger partial charge in [-0.3, -0.25) is 14.4 Å². The summed E-state index contributed by atoms with van der Waals surface area (Å²) >= 11 is 0. The number of rotatable bonds is 6. The van der Waals surface area contributed by atoms with Gasteiger partial charge >= 0.3 is 11.9 Å². The van der Waals surface area contributed by atoms with Gasteiger partial charge in [0.05, 0.1) is 6.54 Å². The Balaban J connectivity index is 2.94. The van der Waals surface area contributed by atoms with Gasteiger partial charge in [-0.05, 0) is 12.1 Å². The molecule has 2 N–H and O–H groups in total. The van der Waals surface area contributed by atoms with E-state index >= 15 is 0 Å². The van der Waals surface area contributed by atoms with Crippen molar-refractivity contribution in [3.63, 3.8) is 0 Å². The minimum absolute atomic E-state index is 0.126. The average Bonchev–Trinajstić information content (AvgIpc) is 2.43. The first kappa shape index (κ1) is 16.6. The molecule has 0 aliphatic rings. The summed E-state index contributed by atoms with van der Waals surface area (Å²) in [5.41, 5.74) is 5.95. The number of hydrogen-bond acceptors (Lipinski definition) is 6. The van der Waals surface area contributed by atoms with Crippen LogP contribution in [0, 0.1) is 0 Å². The predicted octanol–water partition coefficient (Wildman–Crippen LogP) is 0.431. The van der Waals surface area contributed by atoms with Crippen LogP contribution in [0.4, 0.5) is 5.69 Å². The van der Waals surface area contributed by atoms with Crippen molar-refractivity contribution in [1.29, 1.82) is 0 Å². The number of carbonyl (C=O) groups is 3. The van der Waals surface area contributed by atoms with E-state index in [9.17, 15) is 14.4 Å². The van der Waals surface area contributed by atoms with E-state index < -0.39 is 18.2 Å². The van der Waals surface area contributed by atoms with Gasteiger partial charge in [-0.1, -0.05) is 18.2 Å². The Morgan fingerprint density at radius 3 is 2.05 bits per heavy atom. The highest BCUT2D eigenvalue weighted by atomic mass is 16.7. The van der Waals surface area contributed by atoms with Crippen molar-refractivity contribution in [2.75, 3.05) is 18.0 Å². The Kier molecular flexibility index (Phi) is 6.35. The van der Waals surface area contributed by atoms with Gasteiger partial charge in [0, 0.05) is 19.5 Å². The molecule has 1 aromatic rings. The van der Waals surface area contributed by atoms with Gasteiger partial charge in [-0.25, -0.2) is 0 Å². The second-order valence-electron chi connectivity index (χ2n) is 4.19. The molecule has 0 saturated carbocycles. The standard InChI is InChI=1S/C14H18N2O5/c1-10(17)20-14(21-11(2)18)9-16(13(19)8-15)12-6-4-3-5-7-12/h3-7,14H,8-9,15H2,1-2H3. The molecule has 1 aromatic carbocycles. The fraction of sp³-hybridized carbons (Fsp3) is 0.357. The van der Waals surface area contributed by atoms with E-state index in [-0.39, 0.29) is 19.0 Å². The van der Waals surface area contributed by atoms with Gasteiger partial charge in [0.1, 0.15) is 6.54 Å². The number of anilines is 1. The maximum absolute atomic E-state index is 11.9.